The molecule has 2 fully saturated rings. The van der Waals surface area contributed by atoms with Crippen molar-refractivity contribution in [3.05, 3.63) is 53.7 Å². The average molecular weight is 376 g/mol. The molecule has 1 aliphatic heterocycles. The predicted molar refractivity (Wildman–Crippen MR) is 107 cm³/mol. The van der Waals surface area contributed by atoms with Gasteiger partial charge in [0.05, 0.1) is 5.92 Å². The summed E-state index contributed by atoms with van der Waals surface area (Å²) in [4.78, 5) is 26.9. The molecule has 3 aliphatic rings. The van der Waals surface area contributed by atoms with Gasteiger partial charge in [0, 0.05) is 41.7 Å². The Morgan fingerprint density at radius 2 is 2.07 bits per heavy atom. The molecule has 28 heavy (non-hydrogen) atoms. The summed E-state index contributed by atoms with van der Waals surface area (Å²) in [5, 5.41) is 10.1. The number of aromatic amines is 1. The van der Waals surface area contributed by atoms with Crippen LogP contribution in [0.3, 0.4) is 0 Å². The first kappa shape index (κ1) is 17.2. The Morgan fingerprint density at radius 1 is 1.29 bits per heavy atom. The van der Waals surface area contributed by atoms with Gasteiger partial charge in [0.25, 0.3) is 0 Å². The van der Waals surface area contributed by atoms with Crippen molar-refractivity contribution >= 4 is 23.3 Å². The predicted octanol–water partition coefficient (Wildman–Crippen LogP) is 3.71. The number of anilines is 2. The van der Waals surface area contributed by atoms with Crippen LogP contribution in [0, 0.1) is 5.92 Å². The second kappa shape index (κ2) is 6.62. The van der Waals surface area contributed by atoms with Crippen LogP contribution in [0.2, 0.25) is 0 Å². The maximum absolute atomic E-state index is 12.6. The fraction of sp³-hybridized carbons (Fsp3) is 0.409. The van der Waals surface area contributed by atoms with Crippen LogP contribution in [0.15, 0.2) is 42.5 Å². The van der Waals surface area contributed by atoms with Crippen molar-refractivity contribution in [1.29, 1.82) is 0 Å². The molecular weight excluding hydrogens is 352 g/mol. The number of nitrogens with zero attached hydrogens (tertiary/aromatic N) is 2. The highest BCUT2D eigenvalue weighted by molar-refractivity contribution is 5.98. The first-order valence-electron chi connectivity index (χ1n) is 10.0. The highest BCUT2D eigenvalue weighted by atomic mass is 16.2. The van der Waals surface area contributed by atoms with E-state index in [1.807, 2.05) is 42.2 Å². The van der Waals surface area contributed by atoms with E-state index >= 15 is 0 Å². The number of H-pyrrole nitrogens is 1. The van der Waals surface area contributed by atoms with Gasteiger partial charge in [-0.3, -0.25) is 14.7 Å². The van der Waals surface area contributed by atoms with Gasteiger partial charge in [0.15, 0.2) is 5.82 Å². The van der Waals surface area contributed by atoms with E-state index in [9.17, 15) is 9.59 Å². The molecule has 2 N–H and O–H groups in total. The topological polar surface area (TPSA) is 78.1 Å². The number of amides is 2. The Kier molecular flexibility index (Phi) is 4.07. The number of carbonyl (C=O) groups is 2. The quantitative estimate of drug-likeness (QED) is 0.781. The van der Waals surface area contributed by atoms with Crippen molar-refractivity contribution in [3.63, 3.8) is 0 Å². The summed E-state index contributed by atoms with van der Waals surface area (Å²) in [6.07, 6.45) is 8.22. The minimum atomic E-state index is -0.301. The zero-order valence-corrected chi connectivity index (χ0v) is 15.9. The SMILES string of the molecule is CC(C(=O)Nc1cc(C2CC2)[nH]n1)c1ccc(N2C(=O)CC3C=CCC32)cc1. The summed E-state index contributed by atoms with van der Waals surface area (Å²) in [5.41, 5.74) is 2.94. The van der Waals surface area contributed by atoms with Gasteiger partial charge >= 0.3 is 0 Å². The van der Waals surface area contributed by atoms with Gasteiger partial charge in [-0.05, 0) is 43.9 Å². The molecule has 2 heterocycles. The number of benzene rings is 1. The molecule has 2 amide bonds. The third kappa shape index (κ3) is 3.03. The molecule has 1 aromatic carbocycles. The van der Waals surface area contributed by atoms with Crippen molar-refractivity contribution in [2.75, 3.05) is 10.2 Å². The van der Waals surface area contributed by atoms with Crippen molar-refractivity contribution in [2.45, 2.75) is 50.5 Å². The molecule has 0 spiro atoms. The van der Waals surface area contributed by atoms with E-state index in [2.05, 4.69) is 27.7 Å². The average Bonchev–Trinajstić information content (AvgIpc) is 3.13. The number of aromatic nitrogens is 2. The van der Waals surface area contributed by atoms with E-state index < -0.39 is 0 Å². The molecule has 0 radical (unpaired) electrons. The Labute approximate surface area is 164 Å². The van der Waals surface area contributed by atoms with Gasteiger partial charge in [0.2, 0.25) is 11.8 Å². The largest absolute Gasteiger partial charge is 0.309 e. The summed E-state index contributed by atoms with van der Waals surface area (Å²) >= 11 is 0. The molecule has 6 nitrogen and oxygen atoms in total. The molecule has 1 saturated heterocycles. The van der Waals surface area contributed by atoms with Crippen molar-refractivity contribution in [1.82, 2.24) is 10.2 Å². The highest BCUT2D eigenvalue weighted by Crippen LogP contribution is 2.40. The smallest absolute Gasteiger partial charge is 0.232 e. The second-order valence-corrected chi connectivity index (χ2v) is 8.15. The van der Waals surface area contributed by atoms with E-state index in [0.29, 0.717) is 24.1 Å². The molecule has 5 rings (SSSR count). The fourth-order valence-electron chi connectivity index (χ4n) is 4.33. The summed E-state index contributed by atoms with van der Waals surface area (Å²) in [6, 6.07) is 9.98. The normalized spacial score (nSPS) is 24.5. The molecular formula is C22H24N4O2. The van der Waals surface area contributed by atoms with E-state index in [1.165, 1.54) is 12.8 Å². The first-order chi connectivity index (χ1) is 13.6. The highest BCUT2D eigenvalue weighted by Gasteiger charge is 2.40. The Balaban J connectivity index is 1.26. The lowest BCUT2D eigenvalue weighted by Crippen LogP contribution is -2.33. The summed E-state index contributed by atoms with van der Waals surface area (Å²) in [7, 11) is 0. The zero-order chi connectivity index (χ0) is 19.3. The van der Waals surface area contributed by atoms with Gasteiger partial charge in [-0.1, -0.05) is 24.3 Å². The molecule has 3 unspecified atom stereocenters. The summed E-state index contributed by atoms with van der Waals surface area (Å²) < 4.78 is 0. The molecule has 0 bridgehead atoms. The van der Waals surface area contributed by atoms with E-state index in [4.69, 9.17) is 0 Å². The number of hydrogen-bond donors (Lipinski definition) is 2. The third-order valence-electron chi connectivity index (χ3n) is 6.20. The van der Waals surface area contributed by atoms with Gasteiger partial charge in [-0.2, -0.15) is 5.10 Å². The van der Waals surface area contributed by atoms with Gasteiger partial charge < -0.3 is 10.2 Å². The van der Waals surface area contributed by atoms with Crippen LogP contribution in [0.4, 0.5) is 11.5 Å². The van der Waals surface area contributed by atoms with Crippen LogP contribution in [-0.2, 0) is 9.59 Å². The van der Waals surface area contributed by atoms with E-state index in [-0.39, 0.29) is 23.8 Å². The Hall–Kier alpha value is -2.89. The van der Waals surface area contributed by atoms with Crippen LogP contribution in [0.1, 0.15) is 55.7 Å². The van der Waals surface area contributed by atoms with Crippen molar-refractivity contribution in [3.8, 4) is 0 Å². The summed E-state index contributed by atoms with van der Waals surface area (Å²) in [5.74, 6) is 1.29. The maximum atomic E-state index is 12.6. The molecule has 6 heteroatoms. The number of carbonyl (C=O) groups excluding carboxylic acids is 2. The van der Waals surface area contributed by atoms with Crippen molar-refractivity contribution in [2.24, 2.45) is 5.92 Å². The Bertz CT molecular complexity index is 942. The number of rotatable bonds is 5. The summed E-state index contributed by atoms with van der Waals surface area (Å²) in [6.45, 7) is 1.89. The van der Waals surface area contributed by atoms with Crippen LogP contribution in [0.25, 0.3) is 0 Å². The third-order valence-corrected chi connectivity index (χ3v) is 6.20. The number of fused-ring (bicyclic) bond motifs is 1. The molecule has 144 valence electrons. The molecule has 1 saturated carbocycles. The van der Waals surface area contributed by atoms with E-state index in [0.717, 1.165) is 23.4 Å². The molecule has 2 aliphatic carbocycles. The standard InChI is InChI=1S/C22H24N4O2/c1-13(22(28)23-20-12-18(24-25-20)15-5-6-15)14-7-9-17(10-8-14)26-19-4-2-3-16(19)11-21(26)27/h2-3,7-10,12-13,15-16,19H,4-6,11H2,1H3,(H2,23,24,25,28). The Morgan fingerprint density at radius 3 is 2.82 bits per heavy atom. The van der Waals surface area contributed by atoms with Gasteiger partial charge in [-0.15, -0.1) is 0 Å². The van der Waals surface area contributed by atoms with Crippen LogP contribution < -0.4 is 10.2 Å². The molecule has 1 aromatic heterocycles. The first-order valence-corrected chi connectivity index (χ1v) is 10.0. The molecule has 2 aromatic rings. The minimum Gasteiger partial charge on any atom is -0.309 e. The van der Waals surface area contributed by atoms with Crippen LogP contribution in [-0.4, -0.2) is 28.1 Å². The minimum absolute atomic E-state index is 0.0843. The van der Waals surface area contributed by atoms with Gasteiger partial charge in [-0.25, -0.2) is 0 Å². The van der Waals surface area contributed by atoms with Gasteiger partial charge in [0.1, 0.15) is 0 Å². The molecule has 3 atom stereocenters. The van der Waals surface area contributed by atoms with Crippen LogP contribution in [0.5, 0.6) is 0 Å². The van der Waals surface area contributed by atoms with E-state index in [1.54, 1.807) is 0 Å². The lowest BCUT2D eigenvalue weighted by atomic mass is 9.99. The number of hydrogen-bond acceptors (Lipinski definition) is 3. The van der Waals surface area contributed by atoms with Crippen LogP contribution >= 0.6 is 0 Å². The maximum Gasteiger partial charge on any atom is 0.232 e. The fourth-order valence-corrected chi connectivity index (χ4v) is 4.33. The zero-order valence-electron chi connectivity index (χ0n) is 15.9. The number of nitrogens with one attached hydrogen (secondary N) is 2. The monoisotopic (exact) mass is 376 g/mol. The lowest BCUT2D eigenvalue weighted by Gasteiger charge is -2.24. The second-order valence-electron chi connectivity index (χ2n) is 8.15. The lowest BCUT2D eigenvalue weighted by molar-refractivity contribution is -0.118. The van der Waals surface area contributed by atoms with Crippen molar-refractivity contribution < 1.29 is 9.59 Å².